The summed E-state index contributed by atoms with van der Waals surface area (Å²) in [6.07, 6.45) is 1.24. The fraction of sp³-hybridized carbons (Fsp3) is 0.333. The quantitative estimate of drug-likeness (QED) is 0.422. The molecule has 0 amide bonds. The molecule has 1 saturated heterocycles. The molecular formula is C27H32ClN3O4S. The number of nitrogens with one attached hydrogen (secondary N) is 2. The van der Waals surface area contributed by atoms with E-state index in [4.69, 9.17) is 21.1 Å². The van der Waals surface area contributed by atoms with Crippen LogP contribution in [0.5, 0.6) is 11.5 Å². The summed E-state index contributed by atoms with van der Waals surface area (Å²) in [4.78, 5) is 2.55. The Hall–Kier alpha value is -2.94. The van der Waals surface area contributed by atoms with Crippen LogP contribution in [-0.4, -0.2) is 55.1 Å². The topological polar surface area (TPSA) is 79.9 Å². The first-order valence-corrected chi connectivity index (χ1v) is 14.1. The maximum atomic E-state index is 13.0. The normalized spacial score (nSPS) is 14.9. The summed E-state index contributed by atoms with van der Waals surface area (Å²) < 4.78 is 36.8. The third kappa shape index (κ3) is 5.56. The molecule has 192 valence electrons. The lowest BCUT2D eigenvalue weighted by molar-refractivity contribution is 0.354. The standard InChI is InChI=1S/C27H32ClN3O4S/c1-18(19-14-22(28)27(35-3)25(15-19)34-2)21-16-26(36(4,32)33)23(30-20-8-6-5-7-9-20)17-24(21)31-12-10-29-11-13-31/h5-9,14-18,29-30H,10-13H2,1-4H3. The van der Waals surface area contributed by atoms with Gasteiger partial charge in [0.1, 0.15) is 0 Å². The van der Waals surface area contributed by atoms with E-state index in [0.29, 0.717) is 22.2 Å². The summed E-state index contributed by atoms with van der Waals surface area (Å²) in [5.74, 6) is 0.830. The summed E-state index contributed by atoms with van der Waals surface area (Å²) in [5.41, 5.74) is 4.16. The van der Waals surface area contributed by atoms with Gasteiger partial charge in [-0.3, -0.25) is 0 Å². The Morgan fingerprint density at radius 2 is 1.72 bits per heavy atom. The molecule has 9 heteroatoms. The Bertz CT molecular complexity index is 1330. The van der Waals surface area contributed by atoms with Crippen LogP contribution in [0.1, 0.15) is 24.0 Å². The number of sulfone groups is 1. The number of hydrogen-bond donors (Lipinski definition) is 2. The first kappa shape index (κ1) is 26.1. The highest BCUT2D eigenvalue weighted by atomic mass is 35.5. The van der Waals surface area contributed by atoms with Crippen LogP contribution in [0, 0.1) is 0 Å². The lowest BCUT2D eigenvalue weighted by Gasteiger charge is -2.33. The molecule has 1 aliphatic heterocycles. The summed E-state index contributed by atoms with van der Waals surface area (Å²) in [5, 5.41) is 7.15. The molecule has 0 bridgehead atoms. The summed E-state index contributed by atoms with van der Waals surface area (Å²) in [6, 6.07) is 17.1. The van der Waals surface area contributed by atoms with Gasteiger partial charge in [0.05, 0.1) is 29.8 Å². The van der Waals surface area contributed by atoms with Crippen LogP contribution in [0.25, 0.3) is 0 Å². The Morgan fingerprint density at radius 1 is 1.03 bits per heavy atom. The number of hydrogen-bond acceptors (Lipinski definition) is 7. The van der Waals surface area contributed by atoms with Crippen LogP contribution in [0.4, 0.5) is 17.1 Å². The second-order valence-electron chi connectivity index (χ2n) is 8.87. The van der Waals surface area contributed by atoms with Gasteiger partial charge in [-0.15, -0.1) is 0 Å². The highest BCUT2D eigenvalue weighted by Crippen LogP contribution is 2.43. The van der Waals surface area contributed by atoms with Crippen molar-refractivity contribution in [3.8, 4) is 11.5 Å². The molecule has 3 aromatic rings. The van der Waals surface area contributed by atoms with Gasteiger partial charge < -0.3 is 25.0 Å². The molecule has 36 heavy (non-hydrogen) atoms. The van der Waals surface area contributed by atoms with Crippen molar-refractivity contribution in [3.63, 3.8) is 0 Å². The van der Waals surface area contributed by atoms with E-state index < -0.39 is 9.84 Å². The fourth-order valence-electron chi connectivity index (χ4n) is 4.56. The van der Waals surface area contributed by atoms with Crippen molar-refractivity contribution in [2.24, 2.45) is 0 Å². The molecule has 0 saturated carbocycles. The van der Waals surface area contributed by atoms with Gasteiger partial charge in [0.25, 0.3) is 0 Å². The smallest absolute Gasteiger partial charge is 0.179 e. The van der Waals surface area contributed by atoms with E-state index in [2.05, 4.69) is 22.5 Å². The van der Waals surface area contributed by atoms with Gasteiger partial charge >= 0.3 is 0 Å². The van der Waals surface area contributed by atoms with Crippen LogP contribution in [-0.2, 0) is 9.84 Å². The molecule has 1 unspecified atom stereocenters. The van der Waals surface area contributed by atoms with Crippen molar-refractivity contribution >= 4 is 38.5 Å². The van der Waals surface area contributed by atoms with E-state index in [1.165, 1.54) is 6.26 Å². The van der Waals surface area contributed by atoms with Gasteiger partial charge in [0.2, 0.25) is 0 Å². The van der Waals surface area contributed by atoms with E-state index in [-0.39, 0.29) is 10.8 Å². The molecule has 0 aromatic heterocycles. The molecule has 4 rings (SSSR count). The van der Waals surface area contributed by atoms with Gasteiger partial charge in [-0.05, 0) is 47.5 Å². The van der Waals surface area contributed by atoms with E-state index in [0.717, 1.165) is 48.7 Å². The molecular weight excluding hydrogens is 498 g/mol. The number of anilines is 3. The number of benzene rings is 3. The third-order valence-electron chi connectivity index (χ3n) is 6.46. The predicted molar refractivity (Wildman–Crippen MR) is 146 cm³/mol. The van der Waals surface area contributed by atoms with E-state index in [1.54, 1.807) is 20.3 Å². The minimum atomic E-state index is -3.54. The predicted octanol–water partition coefficient (Wildman–Crippen LogP) is 5.07. The van der Waals surface area contributed by atoms with Gasteiger partial charge in [-0.2, -0.15) is 0 Å². The van der Waals surface area contributed by atoms with E-state index >= 15 is 0 Å². The zero-order valence-corrected chi connectivity index (χ0v) is 22.5. The summed E-state index contributed by atoms with van der Waals surface area (Å²) in [6.45, 7) is 5.39. The molecule has 1 heterocycles. The maximum absolute atomic E-state index is 13.0. The first-order chi connectivity index (χ1) is 17.2. The Labute approximate surface area is 218 Å². The highest BCUT2D eigenvalue weighted by Gasteiger charge is 2.26. The Morgan fingerprint density at radius 3 is 2.33 bits per heavy atom. The van der Waals surface area contributed by atoms with Gasteiger partial charge in [-0.1, -0.05) is 36.7 Å². The van der Waals surface area contributed by atoms with Gasteiger partial charge in [0.15, 0.2) is 21.3 Å². The average molecular weight is 530 g/mol. The number of para-hydroxylation sites is 1. The molecule has 0 aliphatic carbocycles. The Kier molecular flexibility index (Phi) is 7.97. The van der Waals surface area contributed by atoms with Crippen LogP contribution in [0.15, 0.2) is 59.5 Å². The third-order valence-corrected chi connectivity index (χ3v) is 7.88. The summed E-state index contributed by atoms with van der Waals surface area (Å²) in [7, 11) is -0.417. The molecule has 2 N–H and O–H groups in total. The van der Waals surface area contributed by atoms with Crippen molar-refractivity contribution in [3.05, 3.63) is 70.7 Å². The maximum Gasteiger partial charge on any atom is 0.179 e. The average Bonchev–Trinajstić information content (AvgIpc) is 2.88. The van der Waals surface area contributed by atoms with E-state index in [9.17, 15) is 8.42 Å². The van der Waals surface area contributed by atoms with Crippen molar-refractivity contribution in [1.82, 2.24) is 5.32 Å². The number of halogens is 1. The van der Waals surface area contributed by atoms with Crippen LogP contribution >= 0.6 is 11.6 Å². The van der Waals surface area contributed by atoms with Crippen molar-refractivity contribution in [2.45, 2.75) is 17.7 Å². The molecule has 0 radical (unpaired) electrons. The minimum Gasteiger partial charge on any atom is -0.493 e. The zero-order chi connectivity index (χ0) is 25.9. The van der Waals surface area contributed by atoms with Crippen molar-refractivity contribution in [2.75, 3.05) is 56.9 Å². The van der Waals surface area contributed by atoms with Gasteiger partial charge in [0, 0.05) is 49.7 Å². The van der Waals surface area contributed by atoms with Gasteiger partial charge in [-0.25, -0.2) is 8.42 Å². The minimum absolute atomic E-state index is 0.168. The highest BCUT2D eigenvalue weighted by molar-refractivity contribution is 7.90. The molecule has 1 atom stereocenters. The van der Waals surface area contributed by atoms with Crippen molar-refractivity contribution < 1.29 is 17.9 Å². The SMILES string of the molecule is COc1cc(C(C)c2cc(S(C)(=O)=O)c(Nc3ccccc3)cc2N2CCNCC2)cc(Cl)c1OC. The summed E-state index contributed by atoms with van der Waals surface area (Å²) >= 11 is 6.52. The Balaban J connectivity index is 1.90. The monoisotopic (exact) mass is 529 g/mol. The molecule has 1 aliphatic rings. The van der Waals surface area contributed by atoms with Crippen LogP contribution in [0.2, 0.25) is 5.02 Å². The molecule has 1 fully saturated rings. The molecule has 7 nitrogen and oxygen atoms in total. The fourth-order valence-corrected chi connectivity index (χ4v) is 5.71. The number of piperazine rings is 1. The van der Waals surface area contributed by atoms with E-state index in [1.807, 2.05) is 48.5 Å². The lowest BCUT2D eigenvalue weighted by atomic mass is 9.90. The number of methoxy groups -OCH3 is 2. The van der Waals surface area contributed by atoms with Crippen molar-refractivity contribution in [1.29, 1.82) is 0 Å². The lowest BCUT2D eigenvalue weighted by Crippen LogP contribution is -2.44. The molecule has 0 spiro atoms. The second kappa shape index (κ2) is 11.0. The number of ether oxygens (including phenoxy) is 2. The number of nitrogens with zero attached hydrogens (tertiary/aromatic N) is 1. The second-order valence-corrected chi connectivity index (χ2v) is 11.3. The largest absolute Gasteiger partial charge is 0.493 e. The van der Waals surface area contributed by atoms with Crippen LogP contribution in [0.3, 0.4) is 0 Å². The first-order valence-electron chi connectivity index (χ1n) is 11.8. The number of rotatable bonds is 8. The van der Waals surface area contributed by atoms with Crippen LogP contribution < -0.4 is 25.0 Å². The molecule has 3 aromatic carbocycles. The zero-order valence-electron chi connectivity index (χ0n) is 21.0.